The predicted molar refractivity (Wildman–Crippen MR) is 78.3 cm³/mol. The van der Waals surface area contributed by atoms with Gasteiger partial charge >= 0.3 is 0 Å². The van der Waals surface area contributed by atoms with Crippen LogP contribution in [0.4, 0.5) is 0 Å². The molecule has 0 aromatic heterocycles. The average molecular weight is 286 g/mol. The van der Waals surface area contributed by atoms with Gasteiger partial charge in [0.05, 0.1) is 0 Å². The van der Waals surface area contributed by atoms with Gasteiger partial charge in [0.15, 0.2) is 0 Å². The van der Waals surface area contributed by atoms with E-state index in [9.17, 15) is 0 Å². The lowest BCUT2D eigenvalue weighted by molar-refractivity contribution is 0.103. The Morgan fingerprint density at radius 1 is 1.37 bits per heavy atom. The monoisotopic (exact) mass is 285 g/mol. The normalized spacial score (nSPS) is 22.2. The van der Waals surface area contributed by atoms with Crippen molar-refractivity contribution in [1.82, 2.24) is 5.32 Å². The number of halogens is 1. The van der Waals surface area contributed by atoms with E-state index in [4.69, 9.17) is 21.1 Å². The molecule has 0 aromatic rings. The summed E-state index contributed by atoms with van der Waals surface area (Å²) in [4.78, 5) is 0. The van der Waals surface area contributed by atoms with Gasteiger partial charge < -0.3 is 9.47 Å². The molecule has 0 saturated heterocycles. The second-order valence-corrected chi connectivity index (χ2v) is 5.77. The number of hydrogen-bond donors (Lipinski definition) is 1. The fourth-order valence-electron chi connectivity index (χ4n) is 2.38. The molecule has 1 fully saturated rings. The highest BCUT2D eigenvalue weighted by Crippen LogP contribution is 2.30. The summed E-state index contributed by atoms with van der Waals surface area (Å²) >= 11 is 6.45. The molecule has 4 heteroatoms. The van der Waals surface area contributed by atoms with Gasteiger partial charge in [-0.15, -0.1) is 0 Å². The summed E-state index contributed by atoms with van der Waals surface area (Å²) < 4.78 is 10.8. The molecule has 0 bridgehead atoms. The standard InChI is InChI=1S/C15H24ClNO2/c1-18-9-8-11-4-3-5-14(16)13(10-11)15(19-2)17-12-6-7-12/h10,12,15,17H,3-9H2,1-2H3. The molecule has 2 rings (SSSR count). The fourth-order valence-corrected chi connectivity index (χ4v) is 2.67. The first-order chi connectivity index (χ1) is 9.24. The van der Waals surface area contributed by atoms with Crippen LogP contribution in [0.3, 0.4) is 0 Å². The van der Waals surface area contributed by atoms with Crippen LogP contribution in [-0.4, -0.2) is 33.1 Å². The Bertz CT molecular complexity index is 361. The van der Waals surface area contributed by atoms with Gasteiger partial charge in [-0.1, -0.05) is 23.3 Å². The second kappa shape index (κ2) is 7.44. The molecule has 19 heavy (non-hydrogen) atoms. The lowest BCUT2D eigenvalue weighted by Gasteiger charge is -2.20. The minimum atomic E-state index is -0.0735. The lowest BCUT2D eigenvalue weighted by atomic mass is 10.1. The molecular formula is C15H24ClNO2. The Labute approximate surface area is 121 Å². The Morgan fingerprint density at radius 3 is 2.79 bits per heavy atom. The van der Waals surface area contributed by atoms with Crippen LogP contribution in [0.5, 0.6) is 0 Å². The molecule has 0 spiro atoms. The second-order valence-electron chi connectivity index (χ2n) is 5.32. The molecule has 1 atom stereocenters. The Balaban J connectivity index is 2.10. The molecule has 0 radical (unpaired) electrons. The van der Waals surface area contributed by atoms with E-state index in [0.717, 1.165) is 42.9 Å². The first-order valence-electron chi connectivity index (χ1n) is 7.10. The number of allylic oxidation sites excluding steroid dienone is 1. The van der Waals surface area contributed by atoms with Crippen molar-refractivity contribution in [2.45, 2.75) is 50.8 Å². The fraction of sp³-hybridized carbons (Fsp3) is 0.733. The van der Waals surface area contributed by atoms with Gasteiger partial charge in [0.2, 0.25) is 0 Å². The topological polar surface area (TPSA) is 30.5 Å². The largest absolute Gasteiger partial charge is 0.384 e. The van der Waals surface area contributed by atoms with E-state index in [2.05, 4.69) is 11.4 Å². The molecule has 1 unspecified atom stereocenters. The number of nitrogens with one attached hydrogen (secondary N) is 1. The first kappa shape index (κ1) is 15.0. The van der Waals surface area contributed by atoms with Gasteiger partial charge in [0.1, 0.15) is 6.23 Å². The molecule has 1 N–H and O–H groups in total. The highest BCUT2D eigenvalue weighted by Gasteiger charge is 2.27. The van der Waals surface area contributed by atoms with E-state index in [-0.39, 0.29) is 6.23 Å². The van der Waals surface area contributed by atoms with Gasteiger partial charge in [-0.25, -0.2) is 0 Å². The smallest absolute Gasteiger partial charge is 0.135 e. The predicted octanol–water partition coefficient (Wildman–Crippen LogP) is 3.35. The van der Waals surface area contributed by atoms with Crippen LogP contribution < -0.4 is 5.32 Å². The molecule has 2 aliphatic rings. The van der Waals surface area contributed by atoms with Gasteiger partial charge in [-0.2, -0.15) is 0 Å². The minimum absolute atomic E-state index is 0.0735. The van der Waals surface area contributed by atoms with E-state index >= 15 is 0 Å². The number of rotatable bonds is 7. The van der Waals surface area contributed by atoms with Crippen molar-refractivity contribution in [3.8, 4) is 0 Å². The highest BCUT2D eigenvalue weighted by molar-refractivity contribution is 6.30. The molecule has 2 aliphatic carbocycles. The zero-order valence-electron chi connectivity index (χ0n) is 11.9. The van der Waals surface area contributed by atoms with Crippen molar-refractivity contribution < 1.29 is 9.47 Å². The average Bonchev–Trinajstić information content (AvgIpc) is 3.22. The maximum absolute atomic E-state index is 6.45. The van der Waals surface area contributed by atoms with E-state index < -0.39 is 0 Å². The van der Waals surface area contributed by atoms with Crippen LogP contribution in [0, 0.1) is 0 Å². The van der Waals surface area contributed by atoms with Crippen LogP contribution in [-0.2, 0) is 9.47 Å². The Morgan fingerprint density at radius 2 is 2.16 bits per heavy atom. The van der Waals surface area contributed by atoms with Crippen molar-refractivity contribution >= 4 is 11.6 Å². The summed E-state index contributed by atoms with van der Waals surface area (Å²) in [7, 11) is 3.48. The van der Waals surface area contributed by atoms with Crippen LogP contribution in [0.2, 0.25) is 0 Å². The Hall–Kier alpha value is -0.350. The van der Waals surface area contributed by atoms with Gasteiger partial charge in [-0.05, 0) is 38.5 Å². The lowest BCUT2D eigenvalue weighted by Crippen LogP contribution is -2.34. The summed E-state index contributed by atoms with van der Waals surface area (Å²) in [5.41, 5.74) is 2.52. The number of ether oxygens (including phenoxy) is 2. The summed E-state index contributed by atoms with van der Waals surface area (Å²) in [6.07, 6.45) is 8.75. The summed E-state index contributed by atoms with van der Waals surface area (Å²) in [6.45, 7) is 0.768. The van der Waals surface area contributed by atoms with E-state index in [0.29, 0.717) is 6.04 Å². The highest BCUT2D eigenvalue weighted by atomic mass is 35.5. The van der Waals surface area contributed by atoms with Gasteiger partial charge in [0.25, 0.3) is 0 Å². The van der Waals surface area contributed by atoms with E-state index in [1.807, 2.05) is 0 Å². The molecule has 0 amide bonds. The van der Waals surface area contributed by atoms with Gasteiger partial charge in [0, 0.05) is 37.5 Å². The van der Waals surface area contributed by atoms with Crippen LogP contribution >= 0.6 is 11.6 Å². The molecule has 108 valence electrons. The van der Waals surface area contributed by atoms with Gasteiger partial charge in [-0.3, -0.25) is 5.32 Å². The number of hydrogen-bond acceptors (Lipinski definition) is 3. The molecule has 3 nitrogen and oxygen atoms in total. The van der Waals surface area contributed by atoms with Crippen molar-refractivity contribution in [3.05, 3.63) is 22.3 Å². The maximum atomic E-state index is 6.45. The van der Waals surface area contributed by atoms with Crippen molar-refractivity contribution in [2.75, 3.05) is 20.8 Å². The summed E-state index contributed by atoms with van der Waals surface area (Å²) in [5, 5.41) is 4.44. The Kier molecular flexibility index (Phi) is 5.89. The molecule has 0 aromatic carbocycles. The zero-order valence-corrected chi connectivity index (χ0v) is 12.6. The quantitative estimate of drug-likeness (QED) is 0.728. The molecule has 1 saturated carbocycles. The van der Waals surface area contributed by atoms with E-state index in [1.54, 1.807) is 14.2 Å². The summed E-state index contributed by atoms with van der Waals surface area (Å²) in [6, 6.07) is 0.598. The molecule has 0 aliphatic heterocycles. The third-order valence-corrected chi connectivity index (χ3v) is 4.08. The maximum Gasteiger partial charge on any atom is 0.135 e. The van der Waals surface area contributed by atoms with Crippen molar-refractivity contribution in [3.63, 3.8) is 0 Å². The third kappa shape index (κ3) is 4.60. The van der Waals surface area contributed by atoms with E-state index in [1.165, 1.54) is 18.4 Å². The molecular weight excluding hydrogens is 262 g/mol. The minimum Gasteiger partial charge on any atom is -0.384 e. The molecule has 0 heterocycles. The third-order valence-electron chi connectivity index (χ3n) is 3.68. The SMILES string of the molecule is COCCC1=CC(C(NC2CC2)OC)=C(Cl)CCC1. The number of methoxy groups -OCH3 is 2. The first-order valence-corrected chi connectivity index (χ1v) is 7.48. The van der Waals surface area contributed by atoms with Crippen molar-refractivity contribution in [2.24, 2.45) is 0 Å². The summed E-state index contributed by atoms with van der Waals surface area (Å²) in [5.74, 6) is 0. The van der Waals surface area contributed by atoms with Crippen molar-refractivity contribution in [1.29, 1.82) is 0 Å². The van der Waals surface area contributed by atoms with Crippen LogP contribution in [0.25, 0.3) is 0 Å². The zero-order chi connectivity index (χ0) is 13.7. The van der Waals surface area contributed by atoms with Crippen LogP contribution in [0.15, 0.2) is 22.3 Å². The van der Waals surface area contributed by atoms with Crippen LogP contribution in [0.1, 0.15) is 38.5 Å².